The van der Waals surface area contributed by atoms with Gasteiger partial charge in [-0.2, -0.15) is 0 Å². The van der Waals surface area contributed by atoms with Gasteiger partial charge in [-0.25, -0.2) is 0 Å². The third kappa shape index (κ3) is 9.61. The smallest absolute Gasteiger partial charge is 0.269 e. The summed E-state index contributed by atoms with van der Waals surface area (Å²) in [6.45, 7) is 11.8. The standard InChI is InChI=1S/C33H43N3O7/c1-6-40-29-17-11-25(23-31(29)42-8-3)19-22-34(5)20-10-21-35(33(37)26-12-14-27(15-13-26)36(38)39)28-16-18-30(41-7-2)32(24-28)43-9-4/h11-18,23-24H,6-10,19-22H2,1-5H3. The van der Waals surface area contributed by atoms with E-state index >= 15 is 0 Å². The lowest BCUT2D eigenvalue weighted by molar-refractivity contribution is -0.384. The summed E-state index contributed by atoms with van der Waals surface area (Å²) in [5.74, 6) is 2.43. The van der Waals surface area contributed by atoms with Gasteiger partial charge in [0, 0.05) is 42.5 Å². The van der Waals surface area contributed by atoms with Gasteiger partial charge < -0.3 is 28.7 Å². The summed E-state index contributed by atoms with van der Waals surface area (Å²) in [6.07, 6.45) is 1.55. The number of nitrogens with zero attached hydrogens (tertiary/aromatic N) is 3. The summed E-state index contributed by atoms with van der Waals surface area (Å²) < 4.78 is 23.0. The van der Waals surface area contributed by atoms with E-state index in [1.807, 2.05) is 52.0 Å². The molecule has 3 aromatic rings. The zero-order valence-electron chi connectivity index (χ0n) is 25.8. The predicted octanol–water partition coefficient (Wildman–Crippen LogP) is 6.40. The Kier molecular flexibility index (Phi) is 13.1. The lowest BCUT2D eigenvalue weighted by Gasteiger charge is -2.26. The molecule has 10 heteroatoms. The number of carbonyl (C=O) groups excluding carboxylic acids is 1. The van der Waals surface area contributed by atoms with E-state index in [1.54, 1.807) is 11.0 Å². The van der Waals surface area contributed by atoms with Crippen LogP contribution in [0.3, 0.4) is 0 Å². The molecule has 0 bridgehead atoms. The molecule has 0 N–H and O–H groups in total. The fourth-order valence-corrected chi connectivity index (χ4v) is 4.62. The molecule has 0 fully saturated rings. The van der Waals surface area contributed by atoms with Crippen molar-refractivity contribution in [2.75, 3.05) is 58.0 Å². The van der Waals surface area contributed by atoms with Crippen LogP contribution in [-0.2, 0) is 6.42 Å². The van der Waals surface area contributed by atoms with Crippen molar-refractivity contribution >= 4 is 17.3 Å². The van der Waals surface area contributed by atoms with E-state index in [-0.39, 0.29) is 11.6 Å². The van der Waals surface area contributed by atoms with Crippen LogP contribution in [0.15, 0.2) is 60.7 Å². The Morgan fingerprint density at radius 2 is 1.28 bits per heavy atom. The number of amides is 1. The lowest BCUT2D eigenvalue weighted by atomic mass is 10.1. The van der Waals surface area contributed by atoms with Crippen molar-refractivity contribution < 1.29 is 28.7 Å². The number of hydrogen-bond donors (Lipinski definition) is 0. The van der Waals surface area contributed by atoms with Crippen molar-refractivity contribution in [3.63, 3.8) is 0 Å². The minimum Gasteiger partial charge on any atom is -0.490 e. The highest BCUT2D eigenvalue weighted by atomic mass is 16.6. The quantitative estimate of drug-likeness (QED) is 0.123. The predicted molar refractivity (Wildman–Crippen MR) is 168 cm³/mol. The molecule has 10 nitrogen and oxygen atoms in total. The van der Waals surface area contributed by atoms with Crippen molar-refractivity contribution in [2.24, 2.45) is 0 Å². The Labute approximate surface area is 254 Å². The molecule has 0 aromatic heterocycles. The average Bonchev–Trinajstić information content (AvgIpc) is 3.00. The van der Waals surface area contributed by atoms with Gasteiger partial charge in [0.25, 0.3) is 11.6 Å². The highest BCUT2D eigenvalue weighted by Gasteiger charge is 2.21. The zero-order valence-corrected chi connectivity index (χ0v) is 25.8. The summed E-state index contributed by atoms with van der Waals surface area (Å²) in [5, 5.41) is 11.1. The largest absolute Gasteiger partial charge is 0.490 e. The molecule has 0 saturated heterocycles. The van der Waals surface area contributed by atoms with Gasteiger partial charge in [-0.05, 0) is 96.1 Å². The molecule has 1 amide bonds. The SMILES string of the molecule is CCOc1ccc(CCN(C)CCCN(C(=O)c2ccc([N+](=O)[O-])cc2)c2ccc(OCC)c(OCC)c2)cc1OCC. The zero-order chi connectivity index (χ0) is 31.2. The number of likely N-dealkylation sites (N-methyl/N-ethyl adjacent to an activating group) is 1. The van der Waals surface area contributed by atoms with E-state index < -0.39 is 4.92 Å². The van der Waals surface area contributed by atoms with E-state index in [9.17, 15) is 14.9 Å². The van der Waals surface area contributed by atoms with Crippen LogP contribution < -0.4 is 23.8 Å². The minimum absolute atomic E-state index is 0.0645. The van der Waals surface area contributed by atoms with Crippen LogP contribution in [0.2, 0.25) is 0 Å². The van der Waals surface area contributed by atoms with Crippen molar-refractivity contribution in [2.45, 2.75) is 40.5 Å². The van der Waals surface area contributed by atoms with Crippen LogP contribution >= 0.6 is 0 Å². The summed E-state index contributed by atoms with van der Waals surface area (Å²) in [7, 11) is 2.06. The van der Waals surface area contributed by atoms with Gasteiger partial charge in [0.1, 0.15) is 0 Å². The summed E-state index contributed by atoms with van der Waals surface area (Å²) >= 11 is 0. The number of non-ortho nitro benzene ring substituents is 1. The van der Waals surface area contributed by atoms with Crippen molar-refractivity contribution in [3.8, 4) is 23.0 Å². The molecule has 0 unspecified atom stereocenters. The molecule has 3 rings (SSSR count). The molecule has 0 atom stereocenters. The first-order valence-corrected chi connectivity index (χ1v) is 14.8. The second-order valence-corrected chi connectivity index (χ2v) is 9.81. The van der Waals surface area contributed by atoms with Gasteiger partial charge in [0.15, 0.2) is 23.0 Å². The van der Waals surface area contributed by atoms with E-state index in [1.165, 1.54) is 24.3 Å². The number of rotatable bonds is 18. The molecule has 3 aromatic carbocycles. The Bertz CT molecular complexity index is 1330. The van der Waals surface area contributed by atoms with Crippen LogP contribution in [0.25, 0.3) is 0 Å². The van der Waals surface area contributed by atoms with E-state index in [0.29, 0.717) is 62.1 Å². The van der Waals surface area contributed by atoms with Crippen LogP contribution in [-0.4, -0.2) is 68.8 Å². The Morgan fingerprint density at radius 1 is 0.721 bits per heavy atom. The Balaban J connectivity index is 1.72. The summed E-state index contributed by atoms with van der Waals surface area (Å²) in [4.78, 5) is 28.3. The fourth-order valence-electron chi connectivity index (χ4n) is 4.62. The van der Waals surface area contributed by atoms with Crippen LogP contribution in [0.5, 0.6) is 23.0 Å². The van der Waals surface area contributed by atoms with Crippen LogP contribution in [0.4, 0.5) is 11.4 Å². The Morgan fingerprint density at radius 3 is 1.86 bits per heavy atom. The van der Waals surface area contributed by atoms with Gasteiger partial charge in [-0.15, -0.1) is 0 Å². The molecule has 0 aliphatic heterocycles. The first kappa shape index (κ1) is 33.2. The molecule has 0 radical (unpaired) electrons. The first-order chi connectivity index (χ1) is 20.8. The van der Waals surface area contributed by atoms with Crippen molar-refractivity contribution in [1.82, 2.24) is 4.90 Å². The lowest BCUT2D eigenvalue weighted by Crippen LogP contribution is -2.34. The second-order valence-electron chi connectivity index (χ2n) is 9.81. The number of benzene rings is 3. The van der Waals surface area contributed by atoms with Gasteiger partial charge in [-0.1, -0.05) is 6.07 Å². The second kappa shape index (κ2) is 17.0. The highest BCUT2D eigenvalue weighted by molar-refractivity contribution is 6.06. The number of nitro groups is 1. The number of anilines is 1. The van der Waals surface area contributed by atoms with Gasteiger partial charge in [0.05, 0.1) is 31.4 Å². The fraction of sp³-hybridized carbons (Fsp3) is 0.424. The first-order valence-electron chi connectivity index (χ1n) is 14.8. The monoisotopic (exact) mass is 593 g/mol. The number of carbonyl (C=O) groups is 1. The molecular weight excluding hydrogens is 550 g/mol. The molecule has 232 valence electrons. The maximum atomic E-state index is 13.7. The van der Waals surface area contributed by atoms with E-state index in [0.717, 1.165) is 36.6 Å². The molecule has 0 heterocycles. The summed E-state index contributed by atoms with van der Waals surface area (Å²) in [6, 6.07) is 17.2. The maximum absolute atomic E-state index is 13.7. The van der Waals surface area contributed by atoms with Gasteiger partial charge in [-0.3, -0.25) is 14.9 Å². The third-order valence-corrected chi connectivity index (χ3v) is 6.72. The molecule has 0 aliphatic rings. The van der Waals surface area contributed by atoms with Crippen LogP contribution in [0.1, 0.15) is 50.0 Å². The minimum atomic E-state index is -0.479. The summed E-state index contributed by atoms with van der Waals surface area (Å²) in [5.41, 5.74) is 2.12. The number of hydrogen-bond acceptors (Lipinski definition) is 8. The normalized spacial score (nSPS) is 10.8. The highest BCUT2D eigenvalue weighted by Crippen LogP contribution is 2.33. The van der Waals surface area contributed by atoms with Gasteiger partial charge >= 0.3 is 0 Å². The molecule has 0 saturated carbocycles. The molecule has 0 aliphatic carbocycles. The number of ether oxygens (including phenoxy) is 4. The number of nitro benzene ring substituents is 1. The third-order valence-electron chi connectivity index (χ3n) is 6.72. The topological polar surface area (TPSA) is 104 Å². The van der Waals surface area contributed by atoms with Crippen LogP contribution in [0, 0.1) is 10.1 Å². The van der Waals surface area contributed by atoms with Crippen molar-refractivity contribution in [3.05, 3.63) is 81.9 Å². The van der Waals surface area contributed by atoms with Gasteiger partial charge in [0.2, 0.25) is 0 Å². The van der Waals surface area contributed by atoms with Crippen molar-refractivity contribution in [1.29, 1.82) is 0 Å². The molecular formula is C33H43N3O7. The maximum Gasteiger partial charge on any atom is 0.269 e. The molecule has 43 heavy (non-hydrogen) atoms. The average molecular weight is 594 g/mol. The van der Waals surface area contributed by atoms with E-state index in [2.05, 4.69) is 18.0 Å². The Hall–Kier alpha value is -4.31. The molecule has 0 spiro atoms. The van der Waals surface area contributed by atoms with E-state index in [4.69, 9.17) is 18.9 Å².